The van der Waals surface area contributed by atoms with E-state index >= 15 is 0 Å². The normalized spacial score (nSPS) is 19.8. The van der Waals surface area contributed by atoms with Gasteiger partial charge in [-0.25, -0.2) is 0 Å². The van der Waals surface area contributed by atoms with Gasteiger partial charge in [0.05, 0.1) is 6.42 Å². The Balaban J connectivity index is 2.66. The molecule has 1 unspecified atom stereocenters. The molecule has 5 nitrogen and oxygen atoms in total. The number of carbonyl (C=O) groups is 2. The molecule has 0 bridgehead atoms. The van der Waals surface area contributed by atoms with Crippen molar-refractivity contribution in [3.05, 3.63) is 0 Å². The Bertz CT molecular complexity index is 368. The molecule has 0 heterocycles. The van der Waals surface area contributed by atoms with Crippen LogP contribution in [0.25, 0.3) is 0 Å². The topological polar surface area (TPSA) is 78.4 Å². The number of carboxylic acid groups (broad SMARTS) is 1. The first kappa shape index (κ1) is 18.0. The third-order valence-corrected chi connectivity index (χ3v) is 4.60. The van der Waals surface area contributed by atoms with Crippen LogP contribution in [0.4, 0.5) is 0 Å². The van der Waals surface area contributed by atoms with Crippen LogP contribution in [0.15, 0.2) is 0 Å². The molecule has 1 saturated carbocycles. The summed E-state index contributed by atoms with van der Waals surface area (Å²) in [6.45, 7) is 5.86. The first-order valence-corrected chi connectivity index (χ1v) is 7.89. The lowest BCUT2D eigenvalue weighted by atomic mass is 9.78. The fourth-order valence-electron chi connectivity index (χ4n) is 3.04. The fraction of sp³-hybridized carbons (Fsp3) is 0.875. The maximum absolute atomic E-state index is 12.4. The number of hydrogen-bond donors (Lipinski definition) is 3. The Hall–Kier alpha value is -1.10. The van der Waals surface area contributed by atoms with Crippen LogP contribution in [0, 0.1) is 5.41 Å². The van der Waals surface area contributed by atoms with Gasteiger partial charge in [0.15, 0.2) is 0 Å². The second-order valence-electron chi connectivity index (χ2n) is 7.35. The fourth-order valence-corrected chi connectivity index (χ4v) is 3.04. The summed E-state index contributed by atoms with van der Waals surface area (Å²) in [6, 6.07) is -0.347. The molecule has 1 aliphatic carbocycles. The summed E-state index contributed by atoms with van der Waals surface area (Å²) in [5.41, 5.74) is -0.387. The number of hydrogen-bond acceptors (Lipinski definition) is 3. The quantitative estimate of drug-likeness (QED) is 0.703. The van der Waals surface area contributed by atoms with Gasteiger partial charge in [-0.05, 0) is 25.3 Å². The van der Waals surface area contributed by atoms with E-state index in [1.54, 1.807) is 0 Å². The van der Waals surface area contributed by atoms with E-state index in [-0.39, 0.29) is 29.3 Å². The van der Waals surface area contributed by atoms with Gasteiger partial charge in [0, 0.05) is 18.0 Å². The van der Waals surface area contributed by atoms with Gasteiger partial charge in [-0.1, -0.05) is 40.0 Å². The molecule has 0 spiro atoms. The van der Waals surface area contributed by atoms with Crippen LogP contribution in [-0.2, 0) is 9.59 Å². The van der Waals surface area contributed by atoms with Gasteiger partial charge in [0.1, 0.15) is 0 Å². The molecule has 0 aromatic carbocycles. The predicted octanol–water partition coefficient (Wildman–Crippen LogP) is 2.30. The number of aliphatic carboxylic acids is 1. The number of carboxylic acids is 1. The standard InChI is InChI=1S/C16H30N2O3/c1-15(2,3)12(10-14(20)21)18-13(19)11-16(17-4)8-6-5-7-9-16/h12,17H,5-11H2,1-4H3,(H,18,19)(H,20,21). The van der Waals surface area contributed by atoms with Gasteiger partial charge in [0.25, 0.3) is 0 Å². The molecule has 0 saturated heterocycles. The molecule has 5 heteroatoms. The second-order valence-corrected chi connectivity index (χ2v) is 7.35. The Morgan fingerprint density at radius 1 is 1.19 bits per heavy atom. The van der Waals surface area contributed by atoms with Crippen molar-refractivity contribution in [3.63, 3.8) is 0 Å². The van der Waals surface area contributed by atoms with Crippen LogP contribution in [-0.4, -0.2) is 35.6 Å². The van der Waals surface area contributed by atoms with Crippen LogP contribution in [0.1, 0.15) is 65.7 Å². The van der Waals surface area contributed by atoms with E-state index in [1.165, 1.54) is 6.42 Å². The van der Waals surface area contributed by atoms with E-state index in [0.29, 0.717) is 6.42 Å². The lowest BCUT2D eigenvalue weighted by molar-refractivity contribution is -0.138. The SMILES string of the molecule is CNC1(CC(=O)NC(CC(=O)O)C(C)(C)C)CCCCC1. The first-order valence-electron chi connectivity index (χ1n) is 7.89. The first-order chi connectivity index (χ1) is 9.68. The lowest BCUT2D eigenvalue weighted by Crippen LogP contribution is -2.51. The summed E-state index contributed by atoms with van der Waals surface area (Å²) in [4.78, 5) is 23.4. The Morgan fingerprint density at radius 3 is 2.19 bits per heavy atom. The molecular formula is C16H30N2O3. The van der Waals surface area contributed by atoms with Crippen molar-refractivity contribution in [3.8, 4) is 0 Å². The zero-order chi connectivity index (χ0) is 16.1. The summed E-state index contributed by atoms with van der Waals surface area (Å²) in [5, 5.41) is 15.3. The van der Waals surface area contributed by atoms with Gasteiger partial charge in [-0.2, -0.15) is 0 Å². The van der Waals surface area contributed by atoms with Crippen molar-refractivity contribution in [1.82, 2.24) is 10.6 Å². The molecule has 3 N–H and O–H groups in total. The number of carbonyl (C=O) groups excluding carboxylic acids is 1. The molecule has 1 amide bonds. The van der Waals surface area contributed by atoms with Crippen molar-refractivity contribution >= 4 is 11.9 Å². The van der Waals surface area contributed by atoms with E-state index in [1.807, 2.05) is 27.8 Å². The van der Waals surface area contributed by atoms with Crippen molar-refractivity contribution in [2.45, 2.75) is 77.3 Å². The van der Waals surface area contributed by atoms with Gasteiger partial charge in [-0.15, -0.1) is 0 Å². The third kappa shape index (κ3) is 5.65. The van der Waals surface area contributed by atoms with Crippen LogP contribution in [0.3, 0.4) is 0 Å². The highest BCUT2D eigenvalue weighted by Crippen LogP contribution is 2.31. The molecule has 122 valence electrons. The number of amides is 1. The van der Waals surface area contributed by atoms with E-state index in [9.17, 15) is 9.59 Å². The molecule has 1 aliphatic rings. The Kier molecular flexibility index (Phi) is 6.20. The monoisotopic (exact) mass is 298 g/mol. The van der Waals surface area contributed by atoms with Crippen LogP contribution < -0.4 is 10.6 Å². The van der Waals surface area contributed by atoms with E-state index in [2.05, 4.69) is 10.6 Å². The average molecular weight is 298 g/mol. The minimum absolute atomic E-state index is 0.0399. The average Bonchev–Trinajstić information content (AvgIpc) is 2.37. The van der Waals surface area contributed by atoms with Crippen LogP contribution in [0.5, 0.6) is 0 Å². The Morgan fingerprint density at radius 2 is 1.76 bits per heavy atom. The van der Waals surface area contributed by atoms with Crippen LogP contribution >= 0.6 is 0 Å². The molecule has 0 aliphatic heterocycles. The minimum atomic E-state index is -0.878. The van der Waals surface area contributed by atoms with Crippen molar-refractivity contribution < 1.29 is 14.7 Å². The molecule has 1 rings (SSSR count). The second kappa shape index (κ2) is 7.25. The molecule has 1 fully saturated rings. The summed E-state index contributed by atoms with van der Waals surface area (Å²) in [6.07, 6.45) is 5.93. The minimum Gasteiger partial charge on any atom is -0.481 e. The van der Waals surface area contributed by atoms with Crippen molar-refractivity contribution in [2.75, 3.05) is 7.05 Å². The van der Waals surface area contributed by atoms with Crippen molar-refractivity contribution in [2.24, 2.45) is 5.41 Å². The predicted molar refractivity (Wildman–Crippen MR) is 83.1 cm³/mol. The zero-order valence-electron chi connectivity index (χ0n) is 13.8. The Labute approximate surface area is 127 Å². The lowest BCUT2D eigenvalue weighted by Gasteiger charge is -2.38. The highest BCUT2D eigenvalue weighted by atomic mass is 16.4. The summed E-state index contributed by atoms with van der Waals surface area (Å²) < 4.78 is 0. The van der Waals surface area contributed by atoms with Gasteiger partial charge in [0.2, 0.25) is 5.91 Å². The maximum atomic E-state index is 12.4. The smallest absolute Gasteiger partial charge is 0.305 e. The highest BCUT2D eigenvalue weighted by Gasteiger charge is 2.35. The van der Waals surface area contributed by atoms with E-state index in [0.717, 1.165) is 25.7 Å². The number of nitrogens with one attached hydrogen (secondary N) is 2. The number of rotatable bonds is 6. The van der Waals surface area contributed by atoms with E-state index in [4.69, 9.17) is 5.11 Å². The van der Waals surface area contributed by atoms with Crippen molar-refractivity contribution in [1.29, 1.82) is 0 Å². The molecule has 0 radical (unpaired) electrons. The molecule has 0 aromatic heterocycles. The summed E-state index contributed by atoms with van der Waals surface area (Å²) in [5.74, 6) is -0.927. The largest absolute Gasteiger partial charge is 0.481 e. The maximum Gasteiger partial charge on any atom is 0.305 e. The molecule has 0 aromatic rings. The molecule has 21 heavy (non-hydrogen) atoms. The third-order valence-electron chi connectivity index (χ3n) is 4.60. The van der Waals surface area contributed by atoms with Gasteiger partial charge in [-0.3, -0.25) is 9.59 Å². The molecular weight excluding hydrogens is 268 g/mol. The summed E-state index contributed by atoms with van der Waals surface area (Å²) >= 11 is 0. The van der Waals surface area contributed by atoms with Gasteiger partial charge >= 0.3 is 5.97 Å². The van der Waals surface area contributed by atoms with E-state index < -0.39 is 5.97 Å². The van der Waals surface area contributed by atoms with Gasteiger partial charge < -0.3 is 15.7 Å². The zero-order valence-corrected chi connectivity index (χ0v) is 13.8. The summed E-state index contributed by atoms with van der Waals surface area (Å²) in [7, 11) is 1.91. The molecule has 1 atom stereocenters. The highest BCUT2D eigenvalue weighted by molar-refractivity contribution is 5.78. The van der Waals surface area contributed by atoms with Crippen LogP contribution in [0.2, 0.25) is 0 Å².